The van der Waals surface area contributed by atoms with E-state index in [4.69, 9.17) is 5.11 Å². The van der Waals surface area contributed by atoms with Crippen molar-refractivity contribution in [2.45, 2.75) is 32.2 Å². The van der Waals surface area contributed by atoms with Crippen molar-refractivity contribution in [2.24, 2.45) is 5.41 Å². The SMILES string of the molecule is O=C(CN1CCC2(CC1)CC2)Nc1cnc2c(c1)[nH]c(=O)c1c2nn2cc(-c3cnn(CCO)c3)sc12. The maximum Gasteiger partial charge on any atom is 0.261 e. The van der Waals surface area contributed by atoms with Gasteiger partial charge in [-0.15, -0.1) is 11.3 Å². The number of nitrogens with zero attached hydrogens (tertiary/aromatic N) is 6. The van der Waals surface area contributed by atoms with E-state index in [1.807, 2.05) is 12.4 Å². The Bertz CT molecular complexity index is 1720. The largest absolute Gasteiger partial charge is 0.394 e. The Kier molecular flexibility index (Phi) is 5.17. The van der Waals surface area contributed by atoms with Crippen LogP contribution < -0.4 is 10.9 Å². The Hall–Kier alpha value is -3.61. The lowest BCUT2D eigenvalue weighted by Crippen LogP contribution is -2.39. The molecule has 5 aromatic rings. The number of carbonyl (C=O) groups excluding carboxylic acids is 1. The summed E-state index contributed by atoms with van der Waals surface area (Å²) in [7, 11) is 0. The molecular weight excluding hydrogens is 492 g/mol. The predicted molar refractivity (Wildman–Crippen MR) is 141 cm³/mol. The molecule has 0 bridgehead atoms. The van der Waals surface area contributed by atoms with Gasteiger partial charge in [0.15, 0.2) is 0 Å². The lowest BCUT2D eigenvalue weighted by atomic mass is 9.94. The summed E-state index contributed by atoms with van der Waals surface area (Å²) < 4.78 is 3.37. The van der Waals surface area contributed by atoms with Crippen LogP contribution in [-0.4, -0.2) is 71.5 Å². The number of aromatic amines is 1. The van der Waals surface area contributed by atoms with E-state index in [2.05, 4.69) is 30.4 Å². The van der Waals surface area contributed by atoms with Gasteiger partial charge in [0, 0.05) is 18.0 Å². The van der Waals surface area contributed by atoms with Crippen LogP contribution in [0.25, 0.3) is 37.2 Å². The quantitative estimate of drug-likeness (QED) is 0.314. The van der Waals surface area contributed by atoms with Crippen molar-refractivity contribution in [2.75, 3.05) is 31.6 Å². The first-order valence-corrected chi connectivity index (χ1v) is 13.3. The summed E-state index contributed by atoms with van der Waals surface area (Å²) in [6, 6.07) is 1.74. The molecule has 190 valence electrons. The minimum atomic E-state index is -0.255. The Balaban J connectivity index is 1.14. The number of rotatable bonds is 6. The molecule has 1 amide bonds. The van der Waals surface area contributed by atoms with Gasteiger partial charge in [0.25, 0.3) is 5.56 Å². The summed E-state index contributed by atoms with van der Waals surface area (Å²) in [6.45, 7) is 2.74. The molecule has 12 heteroatoms. The van der Waals surface area contributed by atoms with Gasteiger partial charge in [0.2, 0.25) is 5.91 Å². The Morgan fingerprint density at radius 1 is 1.16 bits per heavy atom. The smallest absolute Gasteiger partial charge is 0.261 e. The highest BCUT2D eigenvalue weighted by atomic mass is 32.1. The van der Waals surface area contributed by atoms with E-state index in [0.717, 1.165) is 28.4 Å². The lowest BCUT2D eigenvalue weighted by Gasteiger charge is -2.31. The minimum absolute atomic E-state index is 0.0133. The lowest BCUT2D eigenvalue weighted by molar-refractivity contribution is -0.117. The predicted octanol–water partition coefficient (Wildman–Crippen LogP) is 2.46. The number of aromatic nitrogens is 6. The van der Waals surface area contributed by atoms with Crippen molar-refractivity contribution in [1.82, 2.24) is 34.3 Å². The minimum Gasteiger partial charge on any atom is -0.394 e. The second-order valence-electron chi connectivity index (χ2n) is 10.2. The van der Waals surface area contributed by atoms with Crippen LogP contribution >= 0.6 is 11.3 Å². The molecule has 6 heterocycles. The molecule has 7 rings (SSSR count). The van der Waals surface area contributed by atoms with Gasteiger partial charge in [-0.25, -0.2) is 4.52 Å². The van der Waals surface area contributed by atoms with Crippen LogP contribution in [0.2, 0.25) is 0 Å². The average Bonchev–Trinajstić information content (AvgIpc) is 3.19. The van der Waals surface area contributed by atoms with Crippen LogP contribution in [-0.2, 0) is 11.3 Å². The van der Waals surface area contributed by atoms with Gasteiger partial charge in [-0.1, -0.05) is 0 Å². The molecular formula is C25H26N8O3S. The van der Waals surface area contributed by atoms with Gasteiger partial charge in [-0.3, -0.25) is 24.2 Å². The van der Waals surface area contributed by atoms with Crippen molar-refractivity contribution >= 4 is 49.7 Å². The number of pyridine rings is 2. The molecule has 11 nitrogen and oxygen atoms in total. The highest BCUT2D eigenvalue weighted by Gasteiger charge is 2.44. The third kappa shape index (κ3) is 4.01. The number of hydrogen-bond acceptors (Lipinski definition) is 8. The van der Waals surface area contributed by atoms with Gasteiger partial charge in [-0.05, 0) is 50.3 Å². The molecule has 5 aromatic heterocycles. The number of piperidine rings is 1. The number of nitrogens with one attached hydrogen (secondary N) is 2. The van der Waals surface area contributed by atoms with Crippen molar-refractivity contribution in [1.29, 1.82) is 0 Å². The Labute approximate surface area is 214 Å². The fourth-order valence-electron chi connectivity index (χ4n) is 5.33. The summed E-state index contributed by atoms with van der Waals surface area (Å²) in [5.74, 6) is -0.0753. The second-order valence-corrected chi connectivity index (χ2v) is 11.2. The molecule has 1 spiro atoms. The van der Waals surface area contributed by atoms with Crippen LogP contribution in [0.15, 0.2) is 35.6 Å². The normalized spacial score (nSPS) is 17.3. The summed E-state index contributed by atoms with van der Waals surface area (Å²) in [6.07, 6.45) is 12.1. The number of H-pyrrole nitrogens is 1. The van der Waals surface area contributed by atoms with Gasteiger partial charge >= 0.3 is 0 Å². The van der Waals surface area contributed by atoms with Gasteiger partial charge in [0.05, 0.1) is 48.2 Å². The molecule has 1 saturated heterocycles. The van der Waals surface area contributed by atoms with Crippen LogP contribution in [0.4, 0.5) is 5.69 Å². The number of likely N-dealkylation sites (tertiary alicyclic amines) is 1. The number of carbonyl (C=O) groups is 1. The number of hydrogen-bond donors (Lipinski definition) is 3. The molecule has 2 aliphatic rings. The topological polar surface area (TPSA) is 133 Å². The summed E-state index contributed by atoms with van der Waals surface area (Å²) in [4.78, 5) is 37.1. The molecule has 37 heavy (non-hydrogen) atoms. The van der Waals surface area contributed by atoms with Crippen molar-refractivity contribution in [3.05, 3.63) is 41.2 Å². The second kappa shape index (κ2) is 8.47. The van der Waals surface area contributed by atoms with Gasteiger partial charge in [0.1, 0.15) is 21.3 Å². The molecule has 1 saturated carbocycles. The molecule has 0 radical (unpaired) electrons. The van der Waals surface area contributed by atoms with Gasteiger partial charge in [-0.2, -0.15) is 10.2 Å². The third-order valence-electron chi connectivity index (χ3n) is 7.67. The number of aliphatic hydroxyl groups is 1. The zero-order valence-electron chi connectivity index (χ0n) is 20.1. The van der Waals surface area contributed by atoms with Crippen molar-refractivity contribution < 1.29 is 9.90 Å². The third-order valence-corrected chi connectivity index (χ3v) is 8.82. The fourth-order valence-corrected chi connectivity index (χ4v) is 6.40. The van der Waals surface area contributed by atoms with Crippen LogP contribution in [0.1, 0.15) is 25.7 Å². The van der Waals surface area contributed by atoms with E-state index >= 15 is 0 Å². The Morgan fingerprint density at radius 2 is 2.00 bits per heavy atom. The highest BCUT2D eigenvalue weighted by Crippen LogP contribution is 2.53. The summed E-state index contributed by atoms with van der Waals surface area (Å²) in [5, 5.41) is 21.4. The molecule has 1 aliphatic heterocycles. The molecule has 3 N–H and O–H groups in total. The molecule has 1 aliphatic carbocycles. The number of amides is 1. The van der Waals surface area contributed by atoms with E-state index in [0.29, 0.717) is 46.1 Å². The fraction of sp³-hybridized carbons (Fsp3) is 0.400. The van der Waals surface area contributed by atoms with Crippen LogP contribution in [0.5, 0.6) is 0 Å². The zero-order valence-corrected chi connectivity index (χ0v) is 20.9. The Morgan fingerprint density at radius 3 is 2.78 bits per heavy atom. The molecule has 0 atom stereocenters. The number of thiazole rings is 1. The van der Waals surface area contributed by atoms with Gasteiger partial charge < -0.3 is 15.4 Å². The average molecular weight is 519 g/mol. The molecule has 2 fully saturated rings. The summed E-state index contributed by atoms with van der Waals surface area (Å²) >= 11 is 1.45. The highest BCUT2D eigenvalue weighted by molar-refractivity contribution is 7.21. The van der Waals surface area contributed by atoms with Crippen LogP contribution in [0.3, 0.4) is 0 Å². The maximum absolute atomic E-state index is 13.1. The maximum atomic E-state index is 13.1. The first-order chi connectivity index (χ1) is 18.0. The molecule has 0 unspecified atom stereocenters. The van der Waals surface area contributed by atoms with E-state index < -0.39 is 0 Å². The standard InChI is InChI=1S/C25H26N8O3S/c34-8-7-32-12-15(10-27-32)18-13-33-24(37-18)20-22(30-33)21-17(29-23(20)36)9-16(11-26-21)28-19(35)14-31-5-3-25(1-2-25)4-6-31/h9-13,34H,1-8,14H2,(H,28,35)(H,29,36). The number of anilines is 1. The first kappa shape index (κ1) is 22.6. The number of fused-ring (bicyclic) bond motifs is 5. The molecule has 0 aromatic carbocycles. The first-order valence-electron chi connectivity index (χ1n) is 12.5. The van der Waals surface area contributed by atoms with E-state index in [1.165, 1.54) is 37.0 Å². The van der Waals surface area contributed by atoms with Crippen LogP contribution in [0, 0.1) is 5.41 Å². The number of aliphatic hydroxyl groups excluding tert-OH is 1. The zero-order chi connectivity index (χ0) is 25.1. The monoisotopic (exact) mass is 518 g/mol. The van der Waals surface area contributed by atoms with E-state index in [1.54, 1.807) is 27.7 Å². The van der Waals surface area contributed by atoms with Crippen molar-refractivity contribution in [3.8, 4) is 10.4 Å². The summed E-state index contributed by atoms with van der Waals surface area (Å²) in [5.41, 5.74) is 3.39. The van der Waals surface area contributed by atoms with E-state index in [-0.39, 0.29) is 18.1 Å². The van der Waals surface area contributed by atoms with Crippen molar-refractivity contribution in [3.63, 3.8) is 0 Å². The van der Waals surface area contributed by atoms with E-state index in [9.17, 15) is 9.59 Å².